The summed E-state index contributed by atoms with van der Waals surface area (Å²) in [4.78, 5) is 12.8. The van der Waals surface area contributed by atoms with Crippen LogP contribution in [0.2, 0.25) is 0 Å². The van der Waals surface area contributed by atoms with E-state index in [1.165, 1.54) is 0 Å². The molecule has 0 unspecified atom stereocenters. The van der Waals surface area contributed by atoms with Gasteiger partial charge in [-0.3, -0.25) is 4.79 Å². The van der Waals surface area contributed by atoms with Crippen molar-refractivity contribution >= 4 is 5.91 Å². The maximum atomic E-state index is 12.6. The molecule has 3 nitrogen and oxygen atoms in total. The first kappa shape index (κ1) is 11.4. The Bertz CT molecular complexity index is 137. The van der Waals surface area contributed by atoms with E-state index >= 15 is 0 Å². The number of carbonyl (C=O) groups excluding carboxylic acids is 1. The van der Waals surface area contributed by atoms with Gasteiger partial charge in [-0.05, 0) is 13.8 Å². The smallest absolute Gasteiger partial charge is 0.225 e. The van der Waals surface area contributed by atoms with E-state index in [1.54, 1.807) is 4.90 Å². The summed E-state index contributed by atoms with van der Waals surface area (Å²) in [6.07, 6.45) is -1.28. The molecule has 0 aliphatic rings. The summed E-state index contributed by atoms with van der Waals surface area (Å²) >= 11 is 0. The zero-order valence-electron chi connectivity index (χ0n) is 7.72. The first-order valence-corrected chi connectivity index (χ1v) is 4.27. The molecule has 0 radical (unpaired) electrons. The third kappa shape index (κ3) is 3.67. The van der Waals surface area contributed by atoms with E-state index in [4.69, 9.17) is 5.73 Å². The van der Waals surface area contributed by atoms with Crippen molar-refractivity contribution in [1.29, 1.82) is 0 Å². The third-order valence-electron chi connectivity index (χ3n) is 1.77. The highest BCUT2D eigenvalue weighted by atomic mass is 19.1. The normalized spacial score (nSPS) is 12.7. The largest absolute Gasteiger partial charge is 0.343 e. The van der Waals surface area contributed by atoms with E-state index in [0.717, 1.165) is 0 Å². The third-order valence-corrected chi connectivity index (χ3v) is 1.77. The molecule has 0 saturated heterocycles. The highest BCUT2D eigenvalue weighted by molar-refractivity contribution is 5.76. The van der Waals surface area contributed by atoms with E-state index in [1.807, 2.05) is 13.8 Å². The number of nitrogens with zero attached hydrogens (tertiary/aromatic N) is 1. The summed E-state index contributed by atoms with van der Waals surface area (Å²) in [6, 6.07) is 0. The molecule has 72 valence electrons. The summed E-state index contributed by atoms with van der Waals surface area (Å²) in [5, 5.41) is 0. The lowest BCUT2D eigenvalue weighted by Gasteiger charge is -2.19. The maximum absolute atomic E-state index is 12.6. The number of amides is 1. The molecule has 0 aromatic rings. The fraction of sp³-hybridized carbons (Fsp3) is 0.875. The molecule has 12 heavy (non-hydrogen) atoms. The second-order valence-corrected chi connectivity index (χ2v) is 2.60. The Kier molecular flexibility index (Phi) is 5.62. The summed E-state index contributed by atoms with van der Waals surface area (Å²) in [5.41, 5.74) is 5.06. The topological polar surface area (TPSA) is 46.3 Å². The fourth-order valence-electron chi connectivity index (χ4n) is 0.978. The molecule has 0 bridgehead atoms. The van der Waals surface area contributed by atoms with Crippen LogP contribution in [-0.4, -0.2) is 36.6 Å². The minimum atomic E-state index is -1.20. The number of carbonyl (C=O) groups is 1. The molecular formula is C8H17FN2O. The Labute approximate surface area is 72.7 Å². The van der Waals surface area contributed by atoms with Crippen LogP contribution in [0, 0.1) is 0 Å². The first-order chi connectivity index (χ1) is 5.65. The van der Waals surface area contributed by atoms with Crippen LogP contribution in [-0.2, 0) is 4.79 Å². The predicted molar refractivity (Wildman–Crippen MR) is 46.5 cm³/mol. The van der Waals surface area contributed by atoms with Gasteiger partial charge in [-0.1, -0.05) is 0 Å². The lowest BCUT2D eigenvalue weighted by atomic mass is 10.2. The van der Waals surface area contributed by atoms with Gasteiger partial charge in [0.25, 0.3) is 0 Å². The average molecular weight is 176 g/mol. The summed E-state index contributed by atoms with van der Waals surface area (Å²) in [5.74, 6) is -0.155. The summed E-state index contributed by atoms with van der Waals surface area (Å²) in [6.45, 7) is 4.93. The predicted octanol–water partition coefficient (Wildman–Crippen LogP) is 0.542. The van der Waals surface area contributed by atoms with Gasteiger partial charge in [0.2, 0.25) is 5.91 Å². The van der Waals surface area contributed by atoms with Crippen LogP contribution in [0.5, 0.6) is 0 Å². The Hall–Kier alpha value is -0.640. The highest BCUT2D eigenvalue weighted by Crippen LogP contribution is 2.00. The molecule has 0 spiro atoms. The molecule has 1 atom stereocenters. The summed E-state index contributed by atoms with van der Waals surface area (Å²) in [7, 11) is 0. The first-order valence-electron chi connectivity index (χ1n) is 4.27. The molecule has 0 aliphatic heterocycles. The van der Waals surface area contributed by atoms with Gasteiger partial charge in [0.1, 0.15) is 6.17 Å². The molecule has 0 saturated carbocycles. The molecule has 0 aromatic heterocycles. The Morgan fingerprint density at radius 1 is 1.50 bits per heavy atom. The van der Waals surface area contributed by atoms with Crippen LogP contribution < -0.4 is 5.73 Å². The molecule has 2 N–H and O–H groups in total. The number of alkyl halides is 1. The zero-order valence-corrected chi connectivity index (χ0v) is 7.72. The zero-order chi connectivity index (χ0) is 9.56. The van der Waals surface area contributed by atoms with Gasteiger partial charge in [-0.25, -0.2) is 4.39 Å². The van der Waals surface area contributed by atoms with Gasteiger partial charge in [0.05, 0.1) is 6.42 Å². The lowest BCUT2D eigenvalue weighted by Crippen LogP contribution is -2.33. The lowest BCUT2D eigenvalue weighted by molar-refractivity contribution is -0.131. The van der Waals surface area contributed by atoms with Crippen molar-refractivity contribution < 1.29 is 9.18 Å². The van der Waals surface area contributed by atoms with Crippen LogP contribution in [0.1, 0.15) is 20.3 Å². The van der Waals surface area contributed by atoms with Crippen molar-refractivity contribution in [3.8, 4) is 0 Å². The standard InChI is InChI=1S/C8H17FN2O/c1-3-11(4-2)8(12)5-7(9)6-10/h7H,3-6,10H2,1-2H3/t7-/m1/s1. The van der Waals surface area contributed by atoms with Crippen LogP contribution >= 0.6 is 0 Å². The summed E-state index contributed by atoms with van der Waals surface area (Å²) < 4.78 is 12.6. The van der Waals surface area contributed by atoms with Crippen LogP contribution in [0.4, 0.5) is 4.39 Å². The number of rotatable bonds is 5. The van der Waals surface area contributed by atoms with E-state index in [-0.39, 0.29) is 18.9 Å². The molecule has 4 heteroatoms. The van der Waals surface area contributed by atoms with Crippen molar-refractivity contribution in [2.75, 3.05) is 19.6 Å². The van der Waals surface area contributed by atoms with Crippen molar-refractivity contribution in [2.45, 2.75) is 26.4 Å². The van der Waals surface area contributed by atoms with Gasteiger partial charge < -0.3 is 10.6 Å². The quantitative estimate of drug-likeness (QED) is 0.664. The van der Waals surface area contributed by atoms with Crippen molar-refractivity contribution in [3.05, 3.63) is 0 Å². The molecule has 1 amide bonds. The van der Waals surface area contributed by atoms with Crippen molar-refractivity contribution in [2.24, 2.45) is 5.73 Å². The van der Waals surface area contributed by atoms with E-state index in [0.29, 0.717) is 13.1 Å². The molecule has 0 rings (SSSR count). The van der Waals surface area contributed by atoms with Gasteiger partial charge in [0.15, 0.2) is 0 Å². The number of halogens is 1. The van der Waals surface area contributed by atoms with Gasteiger partial charge in [-0.15, -0.1) is 0 Å². The number of hydrogen-bond donors (Lipinski definition) is 1. The number of hydrogen-bond acceptors (Lipinski definition) is 2. The minimum Gasteiger partial charge on any atom is -0.343 e. The second kappa shape index (κ2) is 5.94. The average Bonchev–Trinajstić information content (AvgIpc) is 2.06. The highest BCUT2D eigenvalue weighted by Gasteiger charge is 2.14. The monoisotopic (exact) mass is 176 g/mol. The fourth-order valence-corrected chi connectivity index (χ4v) is 0.978. The molecule has 0 aliphatic carbocycles. The molecule has 0 aromatic carbocycles. The van der Waals surface area contributed by atoms with Crippen molar-refractivity contribution in [1.82, 2.24) is 4.90 Å². The van der Waals surface area contributed by atoms with E-state index in [9.17, 15) is 9.18 Å². The van der Waals surface area contributed by atoms with Gasteiger partial charge in [0, 0.05) is 19.6 Å². The van der Waals surface area contributed by atoms with Gasteiger partial charge >= 0.3 is 0 Å². The maximum Gasteiger partial charge on any atom is 0.225 e. The Morgan fingerprint density at radius 3 is 2.33 bits per heavy atom. The molecule has 0 fully saturated rings. The van der Waals surface area contributed by atoms with Crippen molar-refractivity contribution in [3.63, 3.8) is 0 Å². The van der Waals surface area contributed by atoms with E-state index in [2.05, 4.69) is 0 Å². The SMILES string of the molecule is CCN(CC)C(=O)C[C@@H](F)CN. The van der Waals surface area contributed by atoms with Crippen LogP contribution in [0.25, 0.3) is 0 Å². The molecule has 0 heterocycles. The Morgan fingerprint density at radius 2 is 2.00 bits per heavy atom. The van der Waals surface area contributed by atoms with Crippen LogP contribution in [0.15, 0.2) is 0 Å². The van der Waals surface area contributed by atoms with E-state index < -0.39 is 6.17 Å². The molecular weight excluding hydrogens is 159 g/mol. The van der Waals surface area contributed by atoms with Gasteiger partial charge in [-0.2, -0.15) is 0 Å². The second-order valence-electron chi connectivity index (χ2n) is 2.60. The minimum absolute atomic E-state index is 0.0764. The van der Waals surface area contributed by atoms with Crippen LogP contribution in [0.3, 0.4) is 0 Å². The Balaban J connectivity index is 3.84. The number of nitrogens with two attached hydrogens (primary N) is 1.